The van der Waals surface area contributed by atoms with Crippen LogP contribution in [0.25, 0.3) is 0 Å². The van der Waals surface area contributed by atoms with Crippen LogP contribution in [0, 0.1) is 11.3 Å². The van der Waals surface area contributed by atoms with Gasteiger partial charge < -0.3 is 29.2 Å². The second-order valence-corrected chi connectivity index (χ2v) is 10.7. The number of amides is 2. The normalized spacial score (nSPS) is 20.7. The lowest BCUT2D eigenvalue weighted by Crippen LogP contribution is -2.37. The van der Waals surface area contributed by atoms with Gasteiger partial charge in [-0.1, -0.05) is 12.8 Å². The second-order valence-electron chi connectivity index (χ2n) is 9.36. The monoisotopic (exact) mass is 626 g/mol. The number of carbonyl (C=O) groups excluding carboxylic acids is 2. The Kier molecular flexibility index (Phi) is 13.7. The molecule has 5 unspecified atom stereocenters. The summed E-state index contributed by atoms with van der Waals surface area (Å²) in [6, 6.07) is 1.96. The SMILES string of the molecule is [2H]C([3H])OCC1OC(n2cc(CCC(=O)NCCCCCCNC(=O)C(F)(F)F)c(=O)[nH]c2=O)CC1OP(C)OCCC#N. The topological polar surface area (TPSA) is 174 Å². The number of hydrogen-bond acceptors (Lipinski definition) is 9. The third kappa shape index (κ3) is 12.2. The average Bonchev–Trinajstić information content (AvgIpc) is 3.34. The minimum absolute atomic E-state index is 0.0197. The summed E-state index contributed by atoms with van der Waals surface area (Å²) >= 11 is 0. The zero-order chi connectivity index (χ0) is 32.7. The molecule has 0 aliphatic carbocycles. The van der Waals surface area contributed by atoms with Crippen LogP contribution in [0.5, 0.6) is 0 Å². The van der Waals surface area contributed by atoms with Crippen LogP contribution in [0.2, 0.25) is 0 Å². The second kappa shape index (κ2) is 18.0. The van der Waals surface area contributed by atoms with E-state index >= 15 is 0 Å². The lowest BCUT2D eigenvalue weighted by Gasteiger charge is -2.21. The van der Waals surface area contributed by atoms with Gasteiger partial charge in [0.1, 0.15) is 12.3 Å². The fourth-order valence-corrected chi connectivity index (χ4v) is 5.07. The van der Waals surface area contributed by atoms with Crippen molar-refractivity contribution in [1.82, 2.24) is 20.2 Å². The van der Waals surface area contributed by atoms with E-state index in [2.05, 4.69) is 10.3 Å². The highest BCUT2D eigenvalue weighted by Crippen LogP contribution is 2.41. The number of nitrogens with one attached hydrogen (secondary N) is 3. The Bertz CT molecular complexity index is 1230. The van der Waals surface area contributed by atoms with Gasteiger partial charge in [-0.3, -0.25) is 23.9 Å². The quantitative estimate of drug-likeness (QED) is 0.163. The van der Waals surface area contributed by atoms with E-state index in [0.29, 0.717) is 32.2 Å². The van der Waals surface area contributed by atoms with Gasteiger partial charge in [-0.25, -0.2) is 4.79 Å². The third-order valence-electron chi connectivity index (χ3n) is 6.15. The van der Waals surface area contributed by atoms with Crippen molar-refractivity contribution in [3.63, 3.8) is 0 Å². The van der Waals surface area contributed by atoms with Crippen molar-refractivity contribution in [3.8, 4) is 6.07 Å². The van der Waals surface area contributed by atoms with Gasteiger partial charge in [0.15, 0.2) is 8.38 Å². The number of H-pyrrole nitrogens is 1. The van der Waals surface area contributed by atoms with Crippen LogP contribution in [-0.2, 0) is 34.5 Å². The standard InChI is InChI=1S/C25H37F3N5O8P/c1-38-16-19-18(41-42(2)39-13-7-10-29)14-21(40-19)33-15-17(22(35)32-24(33)37)8-9-20(34)30-11-5-3-4-6-12-31-23(36)25(26,27)28/h15,18-19,21H,3-9,11-14,16H2,1-2H3,(H,30,34)(H,31,36)(H,32,35,37)/i1TD. The molecule has 3 N–H and O–H groups in total. The van der Waals surface area contributed by atoms with Crippen molar-refractivity contribution in [1.29, 1.82) is 5.26 Å². The molecule has 1 saturated heterocycles. The molecule has 0 radical (unpaired) electrons. The van der Waals surface area contributed by atoms with Crippen LogP contribution in [-0.4, -0.2) is 79.8 Å². The fraction of sp³-hybridized carbons (Fsp3) is 0.720. The first-order valence-corrected chi connectivity index (χ1v) is 14.9. The predicted octanol–water partition coefficient (Wildman–Crippen LogP) is 2.02. The largest absolute Gasteiger partial charge is 0.471 e. The molecule has 0 aromatic carbocycles. The number of halogens is 3. The molecule has 13 nitrogen and oxygen atoms in total. The molecule has 1 fully saturated rings. The maximum atomic E-state index is 12.6. The molecule has 5 atom stereocenters. The van der Waals surface area contributed by atoms with Crippen LogP contribution in [0.1, 0.15) is 59.5 Å². The molecule has 0 saturated carbocycles. The van der Waals surface area contributed by atoms with E-state index < -0.39 is 57.2 Å². The Morgan fingerprint density at radius 3 is 2.69 bits per heavy atom. The van der Waals surface area contributed by atoms with Gasteiger partial charge in [0.2, 0.25) is 5.91 Å². The smallest absolute Gasteiger partial charge is 0.382 e. The highest BCUT2D eigenvalue weighted by molar-refractivity contribution is 7.46. The number of methoxy groups -OCH3 is 1. The molecule has 0 spiro atoms. The van der Waals surface area contributed by atoms with E-state index in [4.69, 9.17) is 26.5 Å². The summed E-state index contributed by atoms with van der Waals surface area (Å²) in [4.78, 5) is 50.3. The van der Waals surface area contributed by atoms with Crippen molar-refractivity contribution in [2.75, 3.05) is 40.0 Å². The van der Waals surface area contributed by atoms with E-state index in [1.54, 1.807) is 12.0 Å². The van der Waals surface area contributed by atoms with Gasteiger partial charge in [0.05, 0.1) is 34.5 Å². The first kappa shape index (κ1) is 32.1. The summed E-state index contributed by atoms with van der Waals surface area (Å²) in [6.45, 7) is 1.92. The molecule has 1 aliphatic heterocycles. The Morgan fingerprint density at radius 2 is 2.02 bits per heavy atom. The van der Waals surface area contributed by atoms with Gasteiger partial charge in [0, 0.05) is 51.4 Å². The first-order chi connectivity index (χ1) is 20.8. The van der Waals surface area contributed by atoms with Crippen molar-refractivity contribution in [3.05, 3.63) is 32.6 Å². The van der Waals surface area contributed by atoms with Crippen LogP contribution in [0.4, 0.5) is 13.2 Å². The third-order valence-corrected chi connectivity index (χ3v) is 7.27. The molecule has 0 bridgehead atoms. The minimum atomic E-state index is -4.90. The van der Waals surface area contributed by atoms with Gasteiger partial charge >= 0.3 is 17.8 Å². The lowest BCUT2D eigenvalue weighted by molar-refractivity contribution is -0.173. The number of hydrogen-bond donors (Lipinski definition) is 3. The Balaban J connectivity index is 1.87. The summed E-state index contributed by atoms with van der Waals surface area (Å²) < 4.78 is 74.6. The lowest BCUT2D eigenvalue weighted by atomic mass is 10.1. The van der Waals surface area contributed by atoms with Crippen molar-refractivity contribution in [2.24, 2.45) is 0 Å². The van der Waals surface area contributed by atoms with E-state index in [1.807, 2.05) is 6.07 Å². The number of rotatable bonds is 18. The molecule has 42 heavy (non-hydrogen) atoms. The van der Waals surface area contributed by atoms with Crippen molar-refractivity contribution >= 4 is 20.2 Å². The highest BCUT2D eigenvalue weighted by atomic mass is 31.2. The van der Waals surface area contributed by atoms with E-state index in [-0.39, 0.29) is 56.9 Å². The maximum Gasteiger partial charge on any atom is 0.471 e. The van der Waals surface area contributed by atoms with E-state index in [0.717, 1.165) is 0 Å². The number of aryl methyl sites for hydroxylation is 1. The van der Waals surface area contributed by atoms with E-state index in [9.17, 15) is 32.3 Å². The summed E-state index contributed by atoms with van der Waals surface area (Å²) in [6.07, 6.45) is -3.43. The fourth-order valence-electron chi connectivity index (χ4n) is 4.06. The highest BCUT2D eigenvalue weighted by Gasteiger charge is 2.39. The molecule has 1 aromatic heterocycles. The summed E-state index contributed by atoms with van der Waals surface area (Å²) in [7, 11) is -2.98. The molecule has 2 amide bonds. The minimum Gasteiger partial charge on any atom is -0.382 e. The molecule has 17 heteroatoms. The van der Waals surface area contributed by atoms with Crippen LogP contribution in [0.15, 0.2) is 15.8 Å². The van der Waals surface area contributed by atoms with Crippen LogP contribution >= 0.6 is 8.38 Å². The zero-order valence-electron chi connectivity index (χ0n) is 25.1. The Hall–Kier alpha value is -2.83. The molecule has 2 heterocycles. The van der Waals surface area contributed by atoms with Crippen LogP contribution < -0.4 is 21.9 Å². The number of aromatic nitrogens is 2. The number of nitriles is 1. The molecule has 1 aromatic rings. The number of nitrogens with zero attached hydrogens (tertiary/aromatic N) is 2. The van der Waals surface area contributed by atoms with Crippen molar-refractivity contribution in [2.45, 2.75) is 76.0 Å². The number of aromatic amines is 1. The summed E-state index contributed by atoms with van der Waals surface area (Å²) in [5.74, 6) is -2.31. The molecule has 236 valence electrons. The Morgan fingerprint density at radius 1 is 1.31 bits per heavy atom. The van der Waals surface area contributed by atoms with Gasteiger partial charge in [-0.05, 0) is 19.3 Å². The van der Waals surface area contributed by atoms with E-state index in [1.165, 1.54) is 10.8 Å². The number of unbranched alkanes of at least 4 members (excludes halogenated alkanes) is 3. The maximum absolute atomic E-state index is 12.6. The Labute approximate surface area is 244 Å². The summed E-state index contributed by atoms with van der Waals surface area (Å²) in [5, 5.41) is 13.2. The van der Waals surface area contributed by atoms with Gasteiger partial charge in [-0.15, -0.1) is 0 Å². The summed E-state index contributed by atoms with van der Waals surface area (Å²) in [5.41, 5.74) is -1.23. The molecule has 1 aliphatic rings. The molecular formula is C25H37F3N5O8P. The first-order valence-electron chi connectivity index (χ1n) is 14.4. The van der Waals surface area contributed by atoms with Crippen LogP contribution in [0.3, 0.4) is 0 Å². The zero-order valence-corrected chi connectivity index (χ0v) is 24.0. The molecular weight excluding hydrogens is 586 g/mol. The number of ether oxygens (including phenoxy) is 2. The predicted molar refractivity (Wildman–Crippen MR) is 144 cm³/mol. The van der Waals surface area contributed by atoms with Gasteiger partial charge in [-0.2, -0.15) is 18.4 Å². The number of alkyl halides is 3. The molecule has 2 rings (SSSR count). The number of carbonyl (C=O) groups is 2. The average molecular weight is 627 g/mol. The van der Waals surface area contributed by atoms with Crippen molar-refractivity contribution < 1.29 is 44.0 Å². The van der Waals surface area contributed by atoms with Gasteiger partial charge in [0.25, 0.3) is 5.56 Å².